The summed E-state index contributed by atoms with van der Waals surface area (Å²) in [6.45, 7) is 0. The van der Waals surface area contributed by atoms with E-state index in [4.69, 9.17) is 11.6 Å². The lowest BCUT2D eigenvalue weighted by Gasteiger charge is -2.05. The molecule has 0 bridgehead atoms. The summed E-state index contributed by atoms with van der Waals surface area (Å²) in [5, 5.41) is 8.07. The number of para-hydroxylation sites is 1. The van der Waals surface area contributed by atoms with E-state index < -0.39 is 0 Å². The summed E-state index contributed by atoms with van der Waals surface area (Å²) in [5.74, 6) is 6.34. The average molecular weight is 242 g/mol. The molecule has 0 aliphatic rings. The number of anilines is 2. The Labute approximate surface area is 102 Å². The molecular formula is C10H10N8. The smallest absolute Gasteiger partial charge is 0.224 e. The standard InChI is InChI=1S/C10H10N8/c11-10-13-8(15-12)5-9(14-10)18-7-4-2-1-3-6(7)16-17-18/h1-5H,12H2,(H3,11,13,14,15). The first-order valence-corrected chi connectivity index (χ1v) is 5.20. The highest BCUT2D eigenvalue weighted by atomic mass is 15.4. The molecule has 2 heterocycles. The highest BCUT2D eigenvalue weighted by Gasteiger charge is 2.09. The lowest BCUT2D eigenvalue weighted by Crippen LogP contribution is -2.12. The number of fused-ring (bicyclic) bond motifs is 1. The van der Waals surface area contributed by atoms with Gasteiger partial charge in [-0.25, -0.2) is 5.84 Å². The van der Waals surface area contributed by atoms with Gasteiger partial charge in [-0.15, -0.1) is 5.10 Å². The van der Waals surface area contributed by atoms with E-state index in [1.54, 1.807) is 10.7 Å². The van der Waals surface area contributed by atoms with Crippen LogP contribution < -0.4 is 17.0 Å². The van der Waals surface area contributed by atoms with Crippen LogP contribution in [0.25, 0.3) is 16.9 Å². The van der Waals surface area contributed by atoms with Crippen LogP contribution in [-0.2, 0) is 0 Å². The van der Waals surface area contributed by atoms with Crippen LogP contribution in [0, 0.1) is 0 Å². The maximum Gasteiger partial charge on any atom is 0.224 e. The molecule has 0 aliphatic carbocycles. The van der Waals surface area contributed by atoms with Gasteiger partial charge in [0.05, 0.1) is 5.52 Å². The minimum Gasteiger partial charge on any atom is -0.368 e. The fourth-order valence-electron chi connectivity index (χ4n) is 1.67. The summed E-state index contributed by atoms with van der Waals surface area (Å²) >= 11 is 0. The molecule has 0 aliphatic heterocycles. The van der Waals surface area contributed by atoms with Gasteiger partial charge in [-0.1, -0.05) is 17.3 Å². The van der Waals surface area contributed by atoms with E-state index in [0.29, 0.717) is 11.6 Å². The molecule has 5 N–H and O–H groups in total. The summed E-state index contributed by atoms with van der Waals surface area (Å²) in [5.41, 5.74) is 9.64. The van der Waals surface area contributed by atoms with E-state index in [9.17, 15) is 0 Å². The van der Waals surface area contributed by atoms with Gasteiger partial charge in [0.15, 0.2) is 5.82 Å². The first kappa shape index (κ1) is 10.4. The molecule has 90 valence electrons. The van der Waals surface area contributed by atoms with Gasteiger partial charge in [-0.2, -0.15) is 14.6 Å². The van der Waals surface area contributed by atoms with E-state index in [1.807, 2.05) is 24.3 Å². The van der Waals surface area contributed by atoms with E-state index in [2.05, 4.69) is 25.7 Å². The van der Waals surface area contributed by atoms with E-state index in [0.717, 1.165) is 11.0 Å². The van der Waals surface area contributed by atoms with Crippen LogP contribution in [0.15, 0.2) is 30.3 Å². The Bertz CT molecular complexity index is 704. The highest BCUT2D eigenvalue weighted by Crippen LogP contribution is 2.16. The third-order valence-corrected chi connectivity index (χ3v) is 2.45. The second kappa shape index (κ2) is 3.93. The molecule has 0 saturated heterocycles. The summed E-state index contributed by atoms with van der Waals surface area (Å²) < 4.78 is 1.58. The summed E-state index contributed by atoms with van der Waals surface area (Å²) in [6, 6.07) is 9.18. The summed E-state index contributed by atoms with van der Waals surface area (Å²) in [4.78, 5) is 8.02. The van der Waals surface area contributed by atoms with Crippen LogP contribution in [-0.4, -0.2) is 25.0 Å². The number of hydrazine groups is 1. The Morgan fingerprint density at radius 1 is 1.17 bits per heavy atom. The molecule has 0 saturated carbocycles. The van der Waals surface area contributed by atoms with Crippen LogP contribution in [0.5, 0.6) is 0 Å². The number of nitrogens with zero attached hydrogens (tertiary/aromatic N) is 5. The quantitative estimate of drug-likeness (QED) is 0.429. The van der Waals surface area contributed by atoms with Crippen molar-refractivity contribution in [3.8, 4) is 5.82 Å². The number of aromatic nitrogens is 5. The predicted octanol–water partition coefficient (Wildman–Crippen LogP) is 0.0783. The first-order valence-electron chi connectivity index (χ1n) is 5.20. The fourth-order valence-corrected chi connectivity index (χ4v) is 1.67. The van der Waals surface area contributed by atoms with Gasteiger partial charge in [0, 0.05) is 6.07 Å². The molecule has 0 atom stereocenters. The zero-order valence-electron chi connectivity index (χ0n) is 9.28. The first-order chi connectivity index (χ1) is 8.78. The van der Waals surface area contributed by atoms with Crippen molar-refractivity contribution in [2.24, 2.45) is 5.84 Å². The molecular weight excluding hydrogens is 232 g/mol. The topological polar surface area (TPSA) is 121 Å². The van der Waals surface area contributed by atoms with Crippen molar-refractivity contribution in [2.75, 3.05) is 11.2 Å². The number of nitrogens with two attached hydrogens (primary N) is 2. The van der Waals surface area contributed by atoms with Gasteiger partial charge in [-0.3, -0.25) is 0 Å². The van der Waals surface area contributed by atoms with E-state index >= 15 is 0 Å². The van der Waals surface area contributed by atoms with Gasteiger partial charge in [0.2, 0.25) is 5.95 Å². The number of nitrogen functional groups attached to an aromatic ring is 2. The summed E-state index contributed by atoms with van der Waals surface area (Å²) in [6.07, 6.45) is 0. The molecule has 8 heteroatoms. The van der Waals surface area contributed by atoms with E-state index in [1.165, 1.54) is 0 Å². The molecule has 0 fully saturated rings. The molecule has 0 unspecified atom stereocenters. The number of nitrogens with one attached hydrogen (secondary N) is 1. The molecule has 8 nitrogen and oxygen atoms in total. The third-order valence-electron chi connectivity index (χ3n) is 2.45. The molecule has 0 spiro atoms. The summed E-state index contributed by atoms with van der Waals surface area (Å²) in [7, 11) is 0. The Kier molecular flexibility index (Phi) is 2.27. The highest BCUT2D eigenvalue weighted by molar-refractivity contribution is 5.75. The minimum atomic E-state index is 0.111. The van der Waals surface area contributed by atoms with Crippen LogP contribution in [0.1, 0.15) is 0 Å². The molecule has 3 aromatic rings. The van der Waals surface area contributed by atoms with Crippen molar-refractivity contribution in [3.05, 3.63) is 30.3 Å². The molecule has 18 heavy (non-hydrogen) atoms. The van der Waals surface area contributed by atoms with Gasteiger partial charge >= 0.3 is 0 Å². The van der Waals surface area contributed by atoms with Crippen molar-refractivity contribution in [1.82, 2.24) is 25.0 Å². The number of benzene rings is 1. The lowest BCUT2D eigenvalue weighted by atomic mass is 10.3. The van der Waals surface area contributed by atoms with Crippen molar-refractivity contribution >= 4 is 22.8 Å². The Balaban J connectivity index is 2.22. The van der Waals surface area contributed by atoms with Crippen LogP contribution in [0.4, 0.5) is 11.8 Å². The van der Waals surface area contributed by atoms with Crippen LogP contribution in [0.3, 0.4) is 0 Å². The third kappa shape index (κ3) is 1.60. The second-order valence-electron chi connectivity index (χ2n) is 3.60. The Morgan fingerprint density at radius 2 is 2.00 bits per heavy atom. The van der Waals surface area contributed by atoms with Gasteiger partial charge in [0.1, 0.15) is 11.3 Å². The van der Waals surface area contributed by atoms with E-state index in [-0.39, 0.29) is 5.95 Å². The number of hydrogen-bond donors (Lipinski definition) is 3. The molecule has 2 aromatic heterocycles. The largest absolute Gasteiger partial charge is 0.368 e. The van der Waals surface area contributed by atoms with Crippen LogP contribution in [0.2, 0.25) is 0 Å². The average Bonchev–Trinajstić information content (AvgIpc) is 2.81. The fraction of sp³-hybridized carbons (Fsp3) is 0. The lowest BCUT2D eigenvalue weighted by molar-refractivity contribution is 0.799. The second-order valence-corrected chi connectivity index (χ2v) is 3.60. The normalized spacial score (nSPS) is 10.7. The molecule has 0 radical (unpaired) electrons. The monoisotopic (exact) mass is 242 g/mol. The maximum absolute atomic E-state index is 5.61. The zero-order chi connectivity index (χ0) is 12.5. The van der Waals surface area contributed by atoms with Crippen molar-refractivity contribution in [2.45, 2.75) is 0 Å². The molecule has 0 amide bonds. The maximum atomic E-state index is 5.61. The Hall–Kier alpha value is -2.74. The number of rotatable bonds is 2. The SMILES string of the molecule is NNc1cc(-n2nnc3ccccc32)nc(N)n1. The zero-order valence-corrected chi connectivity index (χ0v) is 9.28. The minimum absolute atomic E-state index is 0.111. The molecule has 3 rings (SSSR count). The molecule has 1 aromatic carbocycles. The van der Waals surface area contributed by atoms with Crippen LogP contribution >= 0.6 is 0 Å². The van der Waals surface area contributed by atoms with Crippen molar-refractivity contribution < 1.29 is 0 Å². The predicted molar refractivity (Wildman–Crippen MR) is 66.7 cm³/mol. The van der Waals surface area contributed by atoms with Gasteiger partial charge in [-0.05, 0) is 12.1 Å². The van der Waals surface area contributed by atoms with Gasteiger partial charge in [0.25, 0.3) is 0 Å². The number of hydrogen-bond acceptors (Lipinski definition) is 7. The Morgan fingerprint density at radius 3 is 2.83 bits per heavy atom. The van der Waals surface area contributed by atoms with Crippen molar-refractivity contribution in [3.63, 3.8) is 0 Å². The van der Waals surface area contributed by atoms with Crippen molar-refractivity contribution in [1.29, 1.82) is 0 Å². The van der Waals surface area contributed by atoms with Gasteiger partial charge < -0.3 is 11.2 Å².